The molecule has 0 radical (unpaired) electrons. The molecule has 3 atom stereocenters. The Morgan fingerprint density at radius 2 is 1.94 bits per heavy atom. The minimum atomic E-state index is -0.228. The molecule has 3 aliphatic carbocycles. The van der Waals surface area contributed by atoms with Gasteiger partial charge in [0.1, 0.15) is 6.10 Å². The fourth-order valence-corrected chi connectivity index (χ4v) is 2.91. The highest BCUT2D eigenvalue weighted by molar-refractivity contribution is 5.84. The van der Waals surface area contributed by atoms with Gasteiger partial charge >= 0.3 is 0 Å². The Hall–Kier alpha value is -1.41. The van der Waals surface area contributed by atoms with Crippen LogP contribution in [-0.4, -0.2) is 11.9 Å². The van der Waals surface area contributed by atoms with Gasteiger partial charge in [-0.2, -0.15) is 0 Å². The molecular formula is C16H18O2. The largest absolute Gasteiger partial charge is 0.365 e. The number of allylic oxidation sites excluding steroid dienone is 1. The lowest BCUT2D eigenvalue weighted by Gasteiger charge is -2.22. The van der Waals surface area contributed by atoms with E-state index in [9.17, 15) is 4.79 Å². The molecule has 2 heteroatoms. The number of ether oxygens (including phenoxy) is 1. The lowest BCUT2D eigenvalue weighted by Crippen LogP contribution is -2.29. The zero-order valence-corrected chi connectivity index (χ0v) is 10.4. The quantitative estimate of drug-likeness (QED) is 0.761. The van der Waals surface area contributed by atoms with Gasteiger partial charge in [-0.05, 0) is 24.3 Å². The van der Waals surface area contributed by atoms with Crippen molar-refractivity contribution in [2.45, 2.75) is 32.0 Å². The second kappa shape index (κ2) is 5.07. The summed E-state index contributed by atoms with van der Waals surface area (Å²) in [6, 6.07) is 10.1. The van der Waals surface area contributed by atoms with Crippen LogP contribution in [0.25, 0.3) is 0 Å². The summed E-state index contributed by atoms with van der Waals surface area (Å²) < 4.78 is 5.89. The summed E-state index contributed by atoms with van der Waals surface area (Å²) in [5, 5.41) is 0. The summed E-state index contributed by atoms with van der Waals surface area (Å²) >= 11 is 0. The lowest BCUT2D eigenvalue weighted by atomic mass is 9.90. The van der Waals surface area contributed by atoms with E-state index < -0.39 is 0 Å². The van der Waals surface area contributed by atoms with E-state index in [2.05, 4.69) is 12.2 Å². The Morgan fingerprint density at radius 3 is 2.67 bits per heavy atom. The van der Waals surface area contributed by atoms with Gasteiger partial charge in [0.05, 0.1) is 6.61 Å². The number of fused-ring (bicyclic) bond motifs is 3. The van der Waals surface area contributed by atoms with Crippen molar-refractivity contribution in [1.29, 1.82) is 0 Å². The zero-order chi connectivity index (χ0) is 12.4. The van der Waals surface area contributed by atoms with Gasteiger partial charge in [-0.25, -0.2) is 0 Å². The maximum Gasteiger partial charge on any atom is 0.162 e. The predicted octanol–water partition coefficient (Wildman–Crippen LogP) is 3.13. The minimum Gasteiger partial charge on any atom is -0.365 e. The Labute approximate surface area is 108 Å². The number of carbonyl (C=O) groups is 1. The highest BCUT2D eigenvalue weighted by atomic mass is 16.5. The number of benzene rings is 1. The number of Topliss-reactive ketones (excluding diaryl/α,β-unsaturated/α-hetero) is 1. The SMILES string of the molecule is O=C1C[C@@H]2C=C[C@@H](CC2)[C@H]1OCc1ccccc1. The Morgan fingerprint density at radius 1 is 1.11 bits per heavy atom. The Balaban J connectivity index is 1.68. The van der Waals surface area contributed by atoms with Crippen LogP contribution in [0.3, 0.4) is 0 Å². The number of ketones is 1. The molecule has 94 valence electrons. The molecule has 2 nitrogen and oxygen atoms in total. The first-order chi connectivity index (χ1) is 8.83. The molecule has 1 aromatic rings. The van der Waals surface area contributed by atoms with Crippen molar-refractivity contribution in [3.63, 3.8) is 0 Å². The van der Waals surface area contributed by atoms with Crippen LogP contribution in [0.2, 0.25) is 0 Å². The number of hydrogen-bond acceptors (Lipinski definition) is 2. The fraction of sp³-hybridized carbons (Fsp3) is 0.438. The molecule has 0 unspecified atom stereocenters. The second-order valence-electron chi connectivity index (χ2n) is 5.27. The lowest BCUT2D eigenvalue weighted by molar-refractivity contribution is -0.133. The van der Waals surface area contributed by atoms with Gasteiger partial charge in [0.15, 0.2) is 5.78 Å². The maximum absolute atomic E-state index is 12.1. The smallest absolute Gasteiger partial charge is 0.162 e. The second-order valence-corrected chi connectivity index (χ2v) is 5.27. The average Bonchev–Trinajstić information content (AvgIpc) is 2.65. The van der Waals surface area contributed by atoms with E-state index in [4.69, 9.17) is 4.74 Å². The van der Waals surface area contributed by atoms with Gasteiger partial charge in [-0.15, -0.1) is 0 Å². The maximum atomic E-state index is 12.1. The average molecular weight is 242 g/mol. The molecule has 4 rings (SSSR count). The highest BCUT2D eigenvalue weighted by Gasteiger charge is 2.35. The van der Waals surface area contributed by atoms with Gasteiger partial charge in [-0.3, -0.25) is 4.79 Å². The van der Waals surface area contributed by atoms with Crippen molar-refractivity contribution in [3.8, 4) is 0 Å². The first kappa shape index (κ1) is 11.7. The molecule has 1 saturated carbocycles. The fourth-order valence-electron chi connectivity index (χ4n) is 2.91. The molecule has 0 aliphatic heterocycles. The van der Waals surface area contributed by atoms with Gasteiger partial charge in [0.2, 0.25) is 0 Å². The third-order valence-corrected chi connectivity index (χ3v) is 3.94. The van der Waals surface area contributed by atoms with Crippen LogP contribution < -0.4 is 0 Å². The van der Waals surface area contributed by atoms with E-state index >= 15 is 0 Å². The van der Waals surface area contributed by atoms with Crippen LogP contribution in [0.5, 0.6) is 0 Å². The molecule has 0 heterocycles. The summed E-state index contributed by atoms with van der Waals surface area (Å²) in [7, 11) is 0. The molecule has 3 aliphatic rings. The summed E-state index contributed by atoms with van der Waals surface area (Å²) in [4.78, 5) is 12.1. The molecule has 0 amide bonds. The molecule has 2 bridgehead atoms. The van der Waals surface area contributed by atoms with Gasteiger partial charge in [0.25, 0.3) is 0 Å². The molecule has 18 heavy (non-hydrogen) atoms. The molecule has 0 aromatic heterocycles. The molecular weight excluding hydrogens is 224 g/mol. The third kappa shape index (κ3) is 2.39. The van der Waals surface area contributed by atoms with Crippen molar-refractivity contribution < 1.29 is 9.53 Å². The molecule has 0 saturated heterocycles. The first-order valence-electron chi connectivity index (χ1n) is 6.69. The monoisotopic (exact) mass is 242 g/mol. The van der Waals surface area contributed by atoms with Crippen LogP contribution in [-0.2, 0) is 16.1 Å². The van der Waals surface area contributed by atoms with Crippen molar-refractivity contribution in [2.75, 3.05) is 0 Å². The van der Waals surface area contributed by atoms with E-state index in [1.165, 1.54) is 0 Å². The van der Waals surface area contributed by atoms with E-state index in [-0.39, 0.29) is 11.9 Å². The standard InChI is InChI=1S/C16H18O2/c17-15-10-12-6-8-14(9-7-12)16(15)18-11-13-4-2-1-3-5-13/h1-6,8,12,14,16H,7,9-11H2/t12-,14+,16-/m1/s1. The third-order valence-electron chi connectivity index (χ3n) is 3.94. The number of rotatable bonds is 3. The Kier molecular flexibility index (Phi) is 3.28. The van der Waals surface area contributed by atoms with Crippen LogP contribution >= 0.6 is 0 Å². The van der Waals surface area contributed by atoms with Crippen LogP contribution in [0.4, 0.5) is 0 Å². The molecule has 0 N–H and O–H groups in total. The normalized spacial score (nSPS) is 30.4. The molecule has 0 spiro atoms. The van der Waals surface area contributed by atoms with Crippen molar-refractivity contribution in [1.82, 2.24) is 0 Å². The van der Waals surface area contributed by atoms with E-state index in [1.807, 2.05) is 30.3 Å². The van der Waals surface area contributed by atoms with E-state index in [0.717, 1.165) is 18.4 Å². The van der Waals surface area contributed by atoms with Crippen LogP contribution in [0.15, 0.2) is 42.5 Å². The van der Waals surface area contributed by atoms with Crippen molar-refractivity contribution >= 4 is 5.78 Å². The van der Waals surface area contributed by atoms with Crippen molar-refractivity contribution in [2.24, 2.45) is 11.8 Å². The number of carbonyl (C=O) groups excluding carboxylic acids is 1. The highest BCUT2D eigenvalue weighted by Crippen LogP contribution is 2.34. The topological polar surface area (TPSA) is 26.3 Å². The van der Waals surface area contributed by atoms with Gasteiger partial charge in [-0.1, -0.05) is 42.5 Å². The number of hydrogen-bond donors (Lipinski definition) is 0. The van der Waals surface area contributed by atoms with Gasteiger partial charge in [0, 0.05) is 12.3 Å². The van der Waals surface area contributed by atoms with Crippen LogP contribution in [0.1, 0.15) is 24.8 Å². The van der Waals surface area contributed by atoms with Crippen LogP contribution in [0, 0.1) is 11.8 Å². The van der Waals surface area contributed by atoms with Crippen molar-refractivity contribution in [3.05, 3.63) is 48.0 Å². The first-order valence-corrected chi connectivity index (χ1v) is 6.69. The molecule has 1 aromatic carbocycles. The minimum absolute atomic E-state index is 0.228. The Bertz CT molecular complexity index is 449. The van der Waals surface area contributed by atoms with Gasteiger partial charge < -0.3 is 4.74 Å². The zero-order valence-electron chi connectivity index (χ0n) is 10.4. The van der Waals surface area contributed by atoms with E-state index in [0.29, 0.717) is 24.9 Å². The summed E-state index contributed by atoms with van der Waals surface area (Å²) in [5.41, 5.74) is 1.13. The summed E-state index contributed by atoms with van der Waals surface area (Å²) in [6.45, 7) is 0.534. The van der Waals surface area contributed by atoms with E-state index in [1.54, 1.807) is 0 Å². The molecule has 1 fully saturated rings. The summed E-state index contributed by atoms with van der Waals surface area (Å²) in [5.74, 6) is 1.03. The predicted molar refractivity (Wildman–Crippen MR) is 70.0 cm³/mol. The summed E-state index contributed by atoms with van der Waals surface area (Å²) in [6.07, 6.45) is 7.05.